The van der Waals surface area contributed by atoms with Gasteiger partial charge in [0.25, 0.3) is 5.56 Å². The topological polar surface area (TPSA) is 73.6 Å². The number of halogens is 3. The van der Waals surface area contributed by atoms with Crippen LogP contribution in [0.2, 0.25) is 0 Å². The van der Waals surface area contributed by atoms with Crippen LogP contribution in [0.15, 0.2) is 23.5 Å². The van der Waals surface area contributed by atoms with Crippen molar-refractivity contribution in [3.63, 3.8) is 0 Å². The molecule has 0 aliphatic rings. The summed E-state index contributed by atoms with van der Waals surface area (Å²) >= 11 is 1.12. The van der Waals surface area contributed by atoms with Crippen molar-refractivity contribution < 1.29 is 13.2 Å². The van der Waals surface area contributed by atoms with E-state index in [4.69, 9.17) is 0 Å². The molecule has 3 heterocycles. The van der Waals surface area contributed by atoms with Crippen LogP contribution >= 0.6 is 11.5 Å². The van der Waals surface area contributed by atoms with Crippen molar-refractivity contribution in [2.24, 2.45) is 0 Å². The van der Waals surface area contributed by atoms with Crippen LogP contribution in [-0.2, 0) is 12.7 Å². The first-order chi connectivity index (χ1) is 10.4. The summed E-state index contributed by atoms with van der Waals surface area (Å²) in [7, 11) is 0. The Bertz CT molecular complexity index is 884. The van der Waals surface area contributed by atoms with Crippen molar-refractivity contribution >= 4 is 21.7 Å². The fourth-order valence-electron chi connectivity index (χ4n) is 1.90. The molecule has 0 spiro atoms. The maximum Gasteiger partial charge on any atom is 0.451 e. The Labute approximate surface area is 125 Å². The predicted molar refractivity (Wildman–Crippen MR) is 72.5 cm³/mol. The minimum absolute atomic E-state index is 0.0369. The second-order valence-electron chi connectivity index (χ2n) is 4.54. The molecule has 0 aliphatic heterocycles. The molecule has 0 aliphatic carbocycles. The van der Waals surface area contributed by atoms with Crippen LogP contribution < -0.4 is 5.56 Å². The molecule has 0 bridgehead atoms. The summed E-state index contributed by atoms with van der Waals surface area (Å²) in [4.78, 5) is 23.5. The molecule has 0 radical (unpaired) electrons. The molecule has 10 heteroatoms. The van der Waals surface area contributed by atoms with Crippen molar-refractivity contribution in [3.05, 3.63) is 46.2 Å². The molecule has 0 saturated carbocycles. The fourth-order valence-corrected chi connectivity index (χ4v) is 2.64. The summed E-state index contributed by atoms with van der Waals surface area (Å²) in [5.74, 6) is -1.21. The molecule has 0 unspecified atom stereocenters. The van der Waals surface area contributed by atoms with Gasteiger partial charge in [0, 0.05) is 18.0 Å². The van der Waals surface area contributed by atoms with Crippen LogP contribution in [0.25, 0.3) is 10.2 Å². The molecule has 114 valence electrons. The Morgan fingerprint density at radius 1 is 1.23 bits per heavy atom. The average molecular weight is 327 g/mol. The largest absolute Gasteiger partial charge is 0.451 e. The predicted octanol–water partition coefficient (Wildman–Crippen LogP) is 2.02. The number of fused-ring (bicyclic) bond motifs is 1. The van der Waals surface area contributed by atoms with E-state index in [1.807, 2.05) is 0 Å². The van der Waals surface area contributed by atoms with Gasteiger partial charge in [-0.3, -0.25) is 9.36 Å². The normalized spacial score (nSPS) is 12.0. The third kappa shape index (κ3) is 2.56. The zero-order chi connectivity index (χ0) is 15.9. The summed E-state index contributed by atoms with van der Waals surface area (Å²) < 4.78 is 42.5. The van der Waals surface area contributed by atoms with Crippen LogP contribution in [-0.4, -0.2) is 23.9 Å². The van der Waals surface area contributed by atoms with Gasteiger partial charge in [0.2, 0.25) is 5.82 Å². The molecule has 0 saturated heterocycles. The maximum atomic E-state index is 12.4. The molecule has 0 N–H and O–H groups in total. The number of rotatable bonds is 2. The van der Waals surface area contributed by atoms with Crippen LogP contribution in [0, 0.1) is 6.92 Å². The van der Waals surface area contributed by atoms with Gasteiger partial charge in [-0.2, -0.15) is 17.5 Å². The summed E-state index contributed by atoms with van der Waals surface area (Å²) in [5.41, 5.74) is 0.656. The maximum absolute atomic E-state index is 12.4. The first-order valence-electron chi connectivity index (χ1n) is 6.06. The first-order valence-corrected chi connectivity index (χ1v) is 6.83. The molecule has 0 fully saturated rings. The highest BCUT2D eigenvalue weighted by molar-refractivity contribution is 7.12. The van der Waals surface area contributed by atoms with E-state index in [9.17, 15) is 18.0 Å². The molecule has 6 nitrogen and oxygen atoms in total. The standard InChI is InChI=1S/C12H8F3N5OS/c1-6-8-9(22-19-6)18-5-20(10(8)21)4-7-2-16-11(17-3-7)12(13,14)15/h2-3,5H,4H2,1H3. The van der Waals surface area contributed by atoms with Crippen molar-refractivity contribution in [2.75, 3.05) is 0 Å². The van der Waals surface area contributed by atoms with E-state index in [0.717, 1.165) is 23.9 Å². The highest BCUT2D eigenvalue weighted by Gasteiger charge is 2.34. The Morgan fingerprint density at radius 2 is 1.91 bits per heavy atom. The third-order valence-corrected chi connectivity index (χ3v) is 3.79. The Kier molecular flexibility index (Phi) is 3.39. The van der Waals surface area contributed by atoms with Gasteiger partial charge in [0.05, 0.1) is 24.0 Å². The lowest BCUT2D eigenvalue weighted by Crippen LogP contribution is -2.21. The Balaban J connectivity index is 1.95. The van der Waals surface area contributed by atoms with Gasteiger partial charge in [-0.05, 0) is 18.5 Å². The second kappa shape index (κ2) is 5.13. The van der Waals surface area contributed by atoms with Gasteiger partial charge in [0.15, 0.2) is 4.83 Å². The van der Waals surface area contributed by atoms with Crippen molar-refractivity contribution in [3.8, 4) is 0 Å². The van der Waals surface area contributed by atoms with Gasteiger partial charge >= 0.3 is 6.18 Å². The van der Waals surface area contributed by atoms with E-state index < -0.39 is 12.0 Å². The minimum atomic E-state index is -4.59. The van der Waals surface area contributed by atoms with Crippen LogP contribution in [0.1, 0.15) is 17.1 Å². The quantitative estimate of drug-likeness (QED) is 0.720. The van der Waals surface area contributed by atoms with Gasteiger partial charge in [0.1, 0.15) is 0 Å². The molecular weight excluding hydrogens is 319 g/mol. The number of hydrogen-bond acceptors (Lipinski definition) is 6. The second-order valence-corrected chi connectivity index (χ2v) is 5.29. The summed E-state index contributed by atoms with van der Waals surface area (Å²) in [5, 5.41) is 0.417. The van der Waals surface area contributed by atoms with Gasteiger partial charge in [-0.25, -0.2) is 15.0 Å². The molecule has 3 rings (SSSR count). The van der Waals surface area contributed by atoms with E-state index in [2.05, 4.69) is 19.3 Å². The molecule has 3 aromatic heterocycles. The van der Waals surface area contributed by atoms with Crippen LogP contribution in [0.4, 0.5) is 13.2 Å². The number of nitrogens with zero attached hydrogens (tertiary/aromatic N) is 5. The zero-order valence-electron chi connectivity index (χ0n) is 11.1. The Hall–Kier alpha value is -2.36. The number of alkyl halides is 3. The molecule has 0 atom stereocenters. The van der Waals surface area contributed by atoms with Crippen LogP contribution in [0.3, 0.4) is 0 Å². The highest BCUT2D eigenvalue weighted by atomic mass is 32.1. The lowest BCUT2D eigenvalue weighted by molar-refractivity contribution is -0.145. The van der Waals surface area contributed by atoms with Crippen molar-refractivity contribution in [1.29, 1.82) is 0 Å². The Morgan fingerprint density at radius 3 is 2.55 bits per heavy atom. The molecule has 0 aromatic carbocycles. The highest BCUT2D eigenvalue weighted by Crippen LogP contribution is 2.25. The van der Waals surface area contributed by atoms with Gasteiger partial charge in [-0.15, -0.1) is 0 Å². The smallest absolute Gasteiger partial charge is 0.294 e. The SMILES string of the molecule is Cc1nsc2ncn(Cc3cnc(C(F)(F)F)nc3)c(=O)c12. The number of aryl methyl sites for hydroxylation is 1. The first kappa shape index (κ1) is 14.6. The summed E-state index contributed by atoms with van der Waals surface area (Å²) in [6.07, 6.45) is -1.16. The third-order valence-electron chi connectivity index (χ3n) is 2.95. The zero-order valence-corrected chi connectivity index (χ0v) is 11.9. The van der Waals surface area contributed by atoms with Gasteiger partial charge in [-0.1, -0.05) is 0 Å². The summed E-state index contributed by atoms with van der Waals surface area (Å²) in [6, 6.07) is 0. The van der Waals surface area contributed by atoms with E-state index in [-0.39, 0.29) is 12.1 Å². The van der Waals surface area contributed by atoms with Crippen LogP contribution in [0.5, 0.6) is 0 Å². The lowest BCUT2D eigenvalue weighted by Gasteiger charge is -2.07. The van der Waals surface area contributed by atoms with E-state index in [1.54, 1.807) is 6.92 Å². The van der Waals surface area contributed by atoms with Crippen molar-refractivity contribution in [1.82, 2.24) is 23.9 Å². The van der Waals surface area contributed by atoms with Gasteiger partial charge < -0.3 is 0 Å². The molecule has 3 aromatic rings. The average Bonchev–Trinajstić information content (AvgIpc) is 2.84. The van der Waals surface area contributed by atoms with Crippen molar-refractivity contribution in [2.45, 2.75) is 19.6 Å². The molecule has 0 amide bonds. The fraction of sp³-hybridized carbons (Fsp3) is 0.250. The number of hydrogen-bond donors (Lipinski definition) is 0. The minimum Gasteiger partial charge on any atom is -0.294 e. The molecular formula is C12H8F3N5OS. The number of aromatic nitrogens is 5. The summed E-state index contributed by atoms with van der Waals surface area (Å²) in [6.45, 7) is 1.74. The monoisotopic (exact) mass is 327 g/mol. The van der Waals surface area contributed by atoms with E-state index in [0.29, 0.717) is 21.5 Å². The lowest BCUT2D eigenvalue weighted by atomic mass is 10.3. The molecule has 22 heavy (non-hydrogen) atoms. The van der Waals surface area contributed by atoms with E-state index >= 15 is 0 Å². The van der Waals surface area contributed by atoms with E-state index in [1.165, 1.54) is 10.9 Å².